The van der Waals surface area contributed by atoms with Gasteiger partial charge in [-0.1, -0.05) is 0 Å². The van der Waals surface area contributed by atoms with Gasteiger partial charge in [0.05, 0.1) is 0 Å². The van der Waals surface area contributed by atoms with Crippen molar-refractivity contribution < 1.29 is 134 Å². The fraction of sp³-hybridized carbons (Fsp3) is 0. The van der Waals surface area contributed by atoms with Crippen LogP contribution in [-0.2, 0) is 13.8 Å². The molecule has 104 valence electrons. The molecule has 0 aromatic rings. The number of hydrogen-bond acceptors (Lipinski definition) is 10. The first-order chi connectivity index (χ1) is 7.36. The van der Waals surface area contributed by atoms with E-state index in [0.29, 0.717) is 0 Å². The van der Waals surface area contributed by atoms with Crippen molar-refractivity contribution >= 4 is 9.42 Å². The van der Waals surface area contributed by atoms with Crippen LogP contribution >= 0.6 is 9.42 Å². The molecule has 0 atom stereocenters. The van der Waals surface area contributed by atoms with E-state index in [0.717, 1.165) is 0 Å². The van der Waals surface area contributed by atoms with Crippen molar-refractivity contribution in [3.05, 3.63) is 50.6 Å². The standard InChI is InChI=1S/ClH.2K.5NO2.Pt/c;;;5*2-1-3;/h1H;;;;;;;;/q;2*+1;;;;;;-1/p-1. The molecular formula is ClK2N5O10Pt. The van der Waals surface area contributed by atoms with E-state index in [4.69, 9.17) is 0 Å². The van der Waals surface area contributed by atoms with Gasteiger partial charge in [0.1, 0.15) is 0 Å². The van der Waals surface area contributed by atoms with Crippen molar-refractivity contribution in [1.29, 1.82) is 0 Å². The van der Waals surface area contributed by atoms with Crippen LogP contribution in [0, 0.1) is 50.6 Å². The third kappa shape index (κ3) is 2.18. The maximum absolute atomic E-state index is 10.4. The third-order valence-electron chi connectivity index (χ3n) is 1.25. The van der Waals surface area contributed by atoms with Gasteiger partial charge in [0.2, 0.25) is 0 Å². The predicted octanol–water partition coefficient (Wildman–Crippen LogP) is -6.67. The van der Waals surface area contributed by atoms with Gasteiger partial charge in [0.15, 0.2) is 0 Å². The molecule has 0 unspecified atom stereocenters. The zero-order valence-corrected chi connectivity index (χ0v) is 18.3. The van der Waals surface area contributed by atoms with E-state index >= 15 is 0 Å². The van der Waals surface area contributed by atoms with Crippen LogP contribution in [0.1, 0.15) is 0 Å². The van der Waals surface area contributed by atoms with Crippen LogP contribution < -0.4 is 103 Å². The summed E-state index contributed by atoms with van der Waals surface area (Å²) in [5.41, 5.74) is 0. The summed E-state index contributed by atoms with van der Waals surface area (Å²) in [6.45, 7) is 0. The fourth-order valence-corrected chi connectivity index (χ4v) is 3.45. The van der Waals surface area contributed by atoms with Crippen LogP contribution in [0.2, 0.25) is 0 Å². The average molecular weight is 539 g/mol. The van der Waals surface area contributed by atoms with E-state index in [-0.39, 0.29) is 103 Å². The molecular weight excluding hydrogens is 539 g/mol. The Balaban J connectivity index is -0.00000128. The summed E-state index contributed by atoms with van der Waals surface area (Å²) in [5, 5.41) is 52.1. The number of hydrogen-bond donors (Lipinski definition) is 0. The van der Waals surface area contributed by atoms with Gasteiger partial charge in [-0.15, -0.1) is 0 Å². The van der Waals surface area contributed by atoms with Crippen LogP contribution in [0.5, 0.6) is 0 Å². The Hall–Kier alpha value is 1.25. The molecule has 19 heavy (non-hydrogen) atoms. The van der Waals surface area contributed by atoms with Gasteiger partial charge in [0, 0.05) is 0 Å². The minimum Gasteiger partial charge on any atom is 1.00 e. The molecule has 0 N–H and O–H groups in total. The molecule has 0 amide bonds. The summed E-state index contributed by atoms with van der Waals surface area (Å²) in [4.78, 5) is 52.1. The van der Waals surface area contributed by atoms with Crippen molar-refractivity contribution in [2.45, 2.75) is 0 Å². The Morgan fingerprint density at radius 1 is 0.579 bits per heavy atom. The molecule has 0 rings (SSSR count). The van der Waals surface area contributed by atoms with Crippen molar-refractivity contribution in [3.63, 3.8) is 0 Å². The molecule has 19 heteroatoms. The topological polar surface area (TPSA) is 216 Å². The molecule has 0 aromatic carbocycles. The van der Waals surface area contributed by atoms with Gasteiger partial charge in [-0.05, 0) is 0 Å². The zero-order valence-electron chi connectivity index (χ0n) is 9.01. The summed E-state index contributed by atoms with van der Waals surface area (Å²) in [7, 11) is 4.42. The third-order valence-corrected chi connectivity index (χ3v) is 13.8. The Morgan fingerprint density at radius 2 is 0.684 bits per heavy atom. The fourth-order valence-electron chi connectivity index (χ4n) is 0.422. The molecule has 0 aliphatic rings. The van der Waals surface area contributed by atoms with Crippen LogP contribution in [0.3, 0.4) is 0 Å². The second kappa shape index (κ2) is 6.57. The van der Waals surface area contributed by atoms with Gasteiger partial charge >= 0.3 is 194 Å². The molecule has 0 spiro atoms. The Bertz CT molecular complexity index is 394. The maximum atomic E-state index is 10.4. The smallest absolute Gasteiger partial charge is 1.00 e. The number of rotatable bonds is 5. The average Bonchev–Trinajstić information content (AvgIpc) is 2.14. The van der Waals surface area contributed by atoms with Gasteiger partial charge < -0.3 is 0 Å². The van der Waals surface area contributed by atoms with Crippen molar-refractivity contribution in [1.82, 2.24) is 0 Å². The summed E-state index contributed by atoms with van der Waals surface area (Å²) in [5.74, 6) is 0. The van der Waals surface area contributed by atoms with E-state index in [9.17, 15) is 50.6 Å². The van der Waals surface area contributed by atoms with Crippen molar-refractivity contribution in [2.75, 3.05) is 0 Å². The molecule has 15 nitrogen and oxygen atoms in total. The molecule has 0 fully saturated rings. The van der Waals surface area contributed by atoms with Crippen LogP contribution in [-0.4, -0.2) is 17.4 Å². The first kappa shape index (κ1) is 25.2. The van der Waals surface area contributed by atoms with Crippen LogP contribution in [0.4, 0.5) is 0 Å². The quantitative estimate of drug-likeness (QED) is 0.183. The number of nitrogens with zero attached hydrogens (tertiary/aromatic N) is 5. The molecule has 0 radical (unpaired) electrons. The van der Waals surface area contributed by atoms with Gasteiger partial charge in [-0.2, -0.15) is 0 Å². The molecule has 0 aliphatic heterocycles. The summed E-state index contributed by atoms with van der Waals surface area (Å²) < 4.78 is -14.1. The SMILES string of the molecule is O=[N+]([O-])[Pt-2]([Cl])([N+](=O)[O-])([N+](=O)[O-])([N+](=O)[O-])[N+](=O)[O-].[K+].[K+]. The van der Waals surface area contributed by atoms with Crippen LogP contribution in [0.25, 0.3) is 0 Å². The summed E-state index contributed by atoms with van der Waals surface area (Å²) >= 11 is -10.0. The predicted molar refractivity (Wildman–Crippen MR) is 40.8 cm³/mol. The number of nitro groups is 5. The maximum Gasteiger partial charge on any atom is 1.00 e. The zero-order chi connectivity index (χ0) is 14.3. The molecule has 0 saturated carbocycles. The summed E-state index contributed by atoms with van der Waals surface area (Å²) in [6.07, 6.45) is 0. The van der Waals surface area contributed by atoms with Crippen molar-refractivity contribution in [2.24, 2.45) is 0 Å². The van der Waals surface area contributed by atoms with Gasteiger partial charge in [-0.25, -0.2) is 0 Å². The molecule has 0 saturated heterocycles. The summed E-state index contributed by atoms with van der Waals surface area (Å²) in [6, 6.07) is 0. The monoisotopic (exact) mass is 538 g/mol. The number of halogens is 1. The Labute approximate surface area is 189 Å². The normalized spacial score (nSPS) is 13.5. The Morgan fingerprint density at radius 3 is 0.684 bits per heavy atom. The Kier molecular flexibility index (Phi) is 8.72. The second-order valence-electron chi connectivity index (χ2n) is 1.85. The van der Waals surface area contributed by atoms with Crippen molar-refractivity contribution in [3.8, 4) is 0 Å². The first-order valence-corrected chi connectivity index (χ1v) is 10.5. The first-order valence-electron chi connectivity index (χ1n) is 2.65. The van der Waals surface area contributed by atoms with Crippen LogP contribution in [0.15, 0.2) is 0 Å². The van der Waals surface area contributed by atoms with E-state index in [2.05, 4.69) is 9.42 Å². The molecule has 0 aliphatic carbocycles. The second-order valence-corrected chi connectivity index (χ2v) is 16.8. The van der Waals surface area contributed by atoms with Gasteiger partial charge in [0.25, 0.3) is 0 Å². The minimum absolute atomic E-state index is 0. The van der Waals surface area contributed by atoms with E-state index < -0.39 is 31.2 Å². The minimum atomic E-state index is -10.0. The molecule has 0 aromatic heterocycles. The van der Waals surface area contributed by atoms with E-state index in [1.807, 2.05) is 0 Å². The molecule has 0 heterocycles. The molecule has 0 bridgehead atoms. The van der Waals surface area contributed by atoms with E-state index in [1.54, 1.807) is 0 Å². The largest absolute Gasteiger partial charge is 1.00 e. The van der Waals surface area contributed by atoms with Gasteiger partial charge in [-0.3, -0.25) is 0 Å². The van der Waals surface area contributed by atoms with E-state index in [1.165, 1.54) is 0 Å².